The lowest BCUT2D eigenvalue weighted by Crippen LogP contribution is -2.41. The Balaban J connectivity index is 1.54. The number of fused-ring (bicyclic) bond motifs is 1. The van der Waals surface area contributed by atoms with E-state index in [1.54, 1.807) is 54.6 Å². The number of amides is 1. The third-order valence-electron chi connectivity index (χ3n) is 5.91. The number of para-hydroxylation sites is 1. The fourth-order valence-corrected chi connectivity index (χ4v) is 5.59. The molecule has 1 N–H and O–H groups in total. The highest BCUT2D eigenvalue weighted by Crippen LogP contribution is 2.26. The lowest BCUT2D eigenvalue weighted by atomic mass is 9.89. The van der Waals surface area contributed by atoms with Gasteiger partial charge in [-0.3, -0.25) is 9.10 Å². The van der Waals surface area contributed by atoms with Crippen LogP contribution in [0.15, 0.2) is 83.8 Å². The molecule has 5 nitrogen and oxygen atoms in total. The molecular weight excluding hydrogens is 420 g/mol. The molecule has 0 heterocycles. The summed E-state index contributed by atoms with van der Waals surface area (Å²) in [6.07, 6.45) is 4.60. The van der Waals surface area contributed by atoms with Crippen molar-refractivity contribution in [2.24, 2.45) is 0 Å². The summed E-state index contributed by atoms with van der Waals surface area (Å²) in [5.74, 6) is -0.349. The van der Waals surface area contributed by atoms with Gasteiger partial charge in [0.2, 0.25) is 5.91 Å². The van der Waals surface area contributed by atoms with Crippen molar-refractivity contribution in [1.82, 2.24) is 5.32 Å². The summed E-state index contributed by atoms with van der Waals surface area (Å²) >= 11 is 0. The Kier molecular flexibility index (Phi) is 6.61. The summed E-state index contributed by atoms with van der Waals surface area (Å²) in [4.78, 5) is 13.1. The predicted octanol–water partition coefficient (Wildman–Crippen LogP) is 4.64. The minimum Gasteiger partial charge on any atom is -0.348 e. The van der Waals surface area contributed by atoms with Crippen molar-refractivity contribution in [2.75, 3.05) is 10.8 Å². The van der Waals surface area contributed by atoms with Crippen LogP contribution in [0.25, 0.3) is 0 Å². The summed E-state index contributed by atoms with van der Waals surface area (Å²) in [7, 11) is -3.89. The summed E-state index contributed by atoms with van der Waals surface area (Å²) in [6, 6.07) is 23.1. The Morgan fingerprint density at radius 3 is 2.22 bits per heavy atom. The lowest BCUT2D eigenvalue weighted by Gasteiger charge is -2.25. The average Bonchev–Trinajstić information content (AvgIpc) is 2.83. The first-order valence-electron chi connectivity index (χ1n) is 11.0. The molecule has 3 aromatic carbocycles. The van der Waals surface area contributed by atoms with Gasteiger partial charge in [-0.05, 0) is 73.6 Å². The Morgan fingerprint density at radius 2 is 1.53 bits per heavy atom. The van der Waals surface area contributed by atoms with E-state index in [-0.39, 0.29) is 23.4 Å². The third kappa shape index (κ3) is 4.86. The number of carbonyl (C=O) groups excluding carboxylic acids is 1. The van der Waals surface area contributed by atoms with E-state index in [4.69, 9.17) is 0 Å². The molecular formula is C26H28N2O3S. The second kappa shape index (κ2) is 9.57. The molecule has 3 aromatic rings. The van der Waals surface area contributed by atoms with Crippen LogP contribution in [0.4, 0.5) is 5.69 Å². The Bertz CT molecular complexity index is 1180. The zero-order valence-electron chi connectivity index (χ0n) is 18.2. The molecule has 0 unspecified atom stereocenters. The molecule has 0 fully saturated rings. The Labute approximate surface area is 190 Å². The van der Waals surface area contributed by atoms with Gasteiger partial charge in [0.1, 0.15) is 6.54 Å². The fourth-order valence-electron chi connectivity index (χ4n) is 4.15. The van der Waals surface area contributed by atoms with Gasteiger partial charge in [0, 0.05) is 0 Å². The smallest absolute Gasteiger partial charge is 0.264 e. The number of nitrogens with zero attached hydrogens (tertiary/aromatic N) is 1. The largest absolute Gasteiger partial charge is 0.348 e. The molecule has 4 rings (SSSR count). The van der Waals surface area contributed by atoms with Crippen LogP contribution in [0.3, 0.4) is 0 Å². The van der Waals surface area contributed by atoms with Crippen molar-refractivity contribution in [3.8, 4) is 0 Å². The van der Waals surface area contributed by atoms with Gasteiger partial charge >= 0.3 is 0 Å². The highest BCUT2D eigenvalue weighted by Gasteiger charge is 2.27. The highest BCUT2D eigenvalue weighted by molar-refractivity contribution is 7.92. The van der Waals surface area contributed by atoms with E-state index in [1.807, 2.05) is 13.0 Å². The van der Waals surface area contributed by atoms with Gasteiger partial charge in [0.15, 0.2) is 0 Å². The number of hydrogen-bond donors (Lipinski definition) is 1. The second-order valence-electron chi connectivity index (χ2n) is 8.18. The molecule has 0 spiro atoms. The summed E-state index contributed by atoms with van der Waals surface area (Å²) < 4.78 is 27.8. The predicted molar refractivity (Wildman–Crippen MR) is 127 cm³/mol. The molecule has 1 aliphatic rings. The average molecular weight is 449 g/mol. The van der Waals surface area contributed by atoms with E-state index in [9.17, 15) is 13.2 Å². The number of carbonyl (C=O) groups is 1. The van der Waals surface area contributed by atoms with Crippen LogP contribution >= 0.6 is 0 Å². The molecule has 32 heavy (non-hydrogen) atoms. The van der Waals surface area contributed by atoms with Crippen LogP contribution in [0.1, 0.15) is 42.5 Å². The van der Waals surface area contributed by atoms with E-state index < -0.39 is 10.0 Å². The molecule has 0 aromatic heterocycles. The quantitative estimate of drug-likeness (QED) is 0.573. The molecule has 6 heteroatoms. The molecule has 0 saturated carbocycles. The number of hydrogen-bond acceptors (Lipinski definition) is 3. The zero-order chi connectivity index (χ0) is 22.6. The van der Waals surface area contributed by atoms with E-state index >= 15 is 0 Å². The maximum absolute atomic E-state index is 13.3. The van der Waals surface area contributed by atoms with Gasteiger partial charge in [-0.25, -0.2) is 8.42 Å². The van der Waals surface area contributed by atoms with Crippen molar-refractivity contribution in [3.63, 3.8) is 0 Å². The van der Waals surface area contributed by atoms with E-state index in [0.717, 1.165) is 22.7 Å². The lowest BCUT2D eigenvalue weighted by molar-refractivity contribution is -0.120. The van der Waals surface area contributed by atoms with Gasteiger partial charge in [0.25, 0.3) is 10.0 Å². The van der Waals surface area contributed by atoms with Gasteiger partial charge in [0.05, 0.1) is 16.6 Å². The maximum Gasteiger partial charge on any atom is 0.264 e. The minimum atomic E-state index is -3.89. The van der Waals surface area contributed by atoms with Gasteiger partial charge in [-0.2, -0.15) is 0 Å². The van der Waals surface area contributed by atoms with Gasteiger partial charge in [-0.1, -0.05) is 54.6 Å². The number of rotatable bonds is 7. The first-order chi connectivity index (χ1) is 15.4. The van der Waals surface area contributed by atoms with Gasteiger partial charge < -0.3 is 5.32 Å². The van der Waals surface area contributed by atoms with E-state index in [0.29, 0.717) is 5.69 Å². The van der Waals surface area contributed by atoms with Crippen LogP contribution in [0.2, 0.25) is 0 Å². The third-order valence-corrected chi connectivity index (χ3v) is 7.70. The number of benzene rings is 3. The SMILES string of the molecule is C[C@@H](NC(=O)CN(c1ccccc1)S(=O)(=O)c1ccccc1)c1ccc2c(c1)CCCC2. The van der Waals surface area contributed by atoms with Crippen molar-refractivity contribution in [2.45, 2.75) is 43.5 Å². The first-order valence-corrected chi connectivity index (χ1v) is 12.4. The second-order valence-corrected chi connectivity index (χ2v) is 10.0. The Morgan fingerprint density at radius 1 is 0.906 bits per heavy atom. The molecule has 0 saturated heterocycles. The number of anilines is 1. The zero-order valence-corrected chi connectivity index (χ0v) is 19.0. The maximum atomic E-state index is 13.3. The van der Waals surface area contributed by atoms with Crippen molar-refractivity contribution in [3.05, 3.63) is 95.6 Å². The number of aryl methyl sites for hydroxylation is 2. The standard InChI is InChI=1S/C26H28N2O3S/c1-20(22-17-16-21-10-8-9-11-23(21)18-22)27-26(29)19-28(24-12-4-2-5-13-24)32(30,31)25-14-6-3-7-15-25/h2-7,12-18,20H,8-11,19H2,1H3,(H,27,29)/t20-/m1/s1. The molecule has 1 aliphatic carbocycles. The topological polar surface area (TPSA) is 66.5 Å². The van der Waals surface area contributed by atoms with E-state index in [2.05, 4.69) is 23.5 Å². The van der Waals surface area contributed by atoms with Crippen molar-refractivity contribution >= 4 is 21.6 Å². The number of nitrogens with one attached hydrogen (secondary N) is 1. The Hall–Kier alpha value is -3.12. The van der Waals surface area contributed by atoms with Gasteiger partial charge in [-0.15, -0.1) is 0 Å². The molecule has 0 bridgehead atoms. The fraction of sp³-hybridized carbons (Fsp3) is 0.269. The van der Waals surface area contributed by atoms with Crippen LogP contribution in [-0.4, -0.2) is 20.9 Å². The van der Waals surface area contributed by atoms with Crippen LogP contribution < -0.4 is 9.62 Å². The molecule has 1 amide bonds. The number of sulfonamides is 1. The van der Waals surface area contributed by atoms with Crippen LogP contribution in [-0.2, 0) is 27.7 Å². The summed E-state index contributed by atoms with van der Waals surface area (Å²) in [5.41, 5.74) is 4.24. The monoisotopic (exact) mass is 448 g/mol. The molecule has 0 radical (unpaired) electrons. The summed E-state index contributed by atoms with van der Waals surface area (Å²) in [6.45, 7) is 1.64. The minimum absolute atomic E-state index is 0.152. The van der Waals surface area contributed by atoms with Crippen LogP contribution in [0, 0.1) is 0 Å². The van der Waals surface area contributed by atoms with E-state index in [1.165, 1.54) is 24.0 Å². The normalized spacial score (nSPS) is 14.3. The molecule has 166 valence electrons. The molecule has 1 atom stereocenters. The molecule has 0 aliphatic heterocycles. The highest BCUT2D eigenvalue weighted by atomic mass is 32.2. The first kappa shape index (κ1) is 22.1. The summed E-state index contributed by atoms with van der Waals surface area (Å²) in [5, 5.41) is 2.98. The van der Waals surface area contributed by atoms with Crippen molar-refractivity contribution in [1.29, 1.82) is 0 Å². The van der Waals surface area contributed by atoms with Crippen molar-refractivity contribution < 1.29 is 13.2 Å². The van der Waals surface area contributed by atoms with Crippen LogP contribution in [0.5, 0.6) is 0 Å².